The number of nitrogens with zero attached hydrogens (tertiary/aromatic N) is 1. The Morgan fingerprint density at radius 3 is 2.62 bits per heavy atom. The number of halogens is 3. The summed E-state index contributed by atoms with van der Waals surface area (Å²) in [6, 6.07) is 0.884. The summed E-state index contributed by atoms with van der Waals surface area (Å²) in [6.45, 7) is -0.938. The highest BCUT2D eigenvalue weighted by atomic mass is 32.1. The Kier molecular flexibility index (Phi) is 3.97. The second kappa shape index (κ2) is 5.18. The molecule has 0 aliphatic carbocycles. The number of aliphatic hydroxyl groups is 3. The molecule has 1 saturated heterocycles. The third-order valence-electron chi connectivity index (χ3n) is 3.22. The molecule has 0 spiro atoms. The van der Waals surface area contributed by atoms with Gasteiger partial charge in [0, 0.05) is 12.3 Å². The molecule has 0 radical (unpaired) electrons. The maximum Gasteiger partial charge on any atom is 0.424 e. The molecule has 11 heteroatoms. The number of nitrogens with one attached hydrogen (secondary N) is 1. The van der Waals surface area contributed by atoms with Crippen LogP contribution in [0.3, 0.4) is 0 Å². The van der Waals surface area contributed by atoms with Gasteiger partial charge in [-0.25, -0.2) is 0 Å². The highest BCUT2D eigenvalue weighted by Gasteiger charge is 2.70. The summed E-state index contributed by atoms with van der Waals surface area (Å²) in [5.41, 5.74) is -4.33. The van der Waals surface area contributed by atoms with E-state index in [2.05, 4.69) is 4.98 Å². The number of hydrogen-bond acceptors (Lipinski definition) is 6. The van der Waals surface area contributed by atoms with Crippen molar-refractivity contribution in [2.24, 2.45) is 0 Å². The van der Waals surface area contributed by atoms with Crippen LogP contribution in [0.1, 0.15) is 6.23 Å². The molecule has 1 aromatic rings. The molecule has 7 nitrogen and oxygen atoms in total. The van der Waals surface area contributed by atoms with E-state index in [0.717, 1.165) is 12.3 Å². The van der Waals surface area contributed by atoms with Crippen LogP contribution >= 0.6 is 12.2 Å². The summed E-state index contributed by atoms with van der Waals surface area (Å²) >= 11 is 4.72. The maximum absolute atomic E-state index is 13.2. The van der Waals surface area contributed by atoms with Crippen molar-refractivity contribution in [1.29, 1.82) is 0 Å². The normalized spacial score (nSPS) is 33.3. The van der Waals surface area contributed by atoms with Gasteiger partial charge in [-0.1, -0.05) is 0 Å². The van der Waals surface area contributed by atoms with Crippen molar-refractivity contribution in [3.8, 4) is 0 Å². The summed E-state index contributed by atoms with van der Waals surface area (Å²) in [6.07, 6.45) is -10.6. The van der Waals surface area contributed by atoms with Crippen molar-refractivity contribution in [3.63, 3.8) is 0 Å². The Bertz CT molecular complexity index is 645. The average Bonchev–Trinajstić information content (AvgIpc) is 2.63. The molecule has 0 aromatic carbocycles. The summed E-state index contributed by atoms with van der Waals surface area (Å²) in [5.74, 6) is 0. The van der Waals surface area contributed by atoms with Gasteiger partial charge in [0.1, 0.15) is 12.2 Å². The van der Waals surface area contributed by atoms with Gasteiger partial charge in [0.15, 0.2) is 11.0 Å². The maximum atomic E-state index is 13.2. The number of aliphatic hydroxyl groups excluding tert-OH is 2. The fourth-order valence-corrected chi connectivity index (χ4v) is 2.37. The molecular weight excluding hydrogens is 317 g/mol. The minimum absolute atomic E-state index is 0.430. The second-order valence-electron chi connectivity index (χ2n) is 4.49. The molecule has 0 amide bonds. The first-order chi connectivity index (χ1) is 9.62. The Morgan fingerprint density at radius 1 is 1.52 bits per heavy atom. The number of rotatable bonds is 2. The van der Waals surface area contributed by atoms with Crippen LogP contribution in [0.4, 0.5) is 13.2 Å². The van der Waals surface area contributed by atoms with Gasteiger partial charge < -0.3 is 20.1 Å². The first kappa shape index (κ1) is 16.1. The predicted octanol–water partition coefficient (Wildman–Crippen LogP) is -0.550. The first-order valence-electron chi connectivity index (χ1n) is 5.68. The number of ether oxygens (including phenoxy) is 1. The van der Waals surface area contributed by atoms with Crippen molar-refractivity contribution < 1.29 is 33.2 Å². The fraction of sp³-hybridized carbons (Fsp3) is 0.600. The van der Waals surface area contributed by atoms with E-state index in [1.165, 1.54) is 0 Å². The van der Waals surface area contributed by atoms with Gasteiger partial charge in [0.05, 0.1) is 6.61 Å². The van der Waals surface area contributed by atoms with E-state index in [0.29, 0.717) is 4.57 Å². The molecule has 1 aliphatic heterocycles. The van der Waals surface area contributed by atoms with Crippen molar-refractivity contribution in [2.45, 2.75) is 30.2 Å². The third kappa shape index (κ3) is 2.40. The number of hydrogen-bond donors (Lipinski definition) is 4. The molecule has 118 valence electrons. The molecule has 4 atom stereocenters. The van der Waals surface area contributed by atoms with Crippen LogP contribution in [0.2, 0.25) is 0 Å². The summed E-state index contributed by atoms with van der Waals surface area (Å²) < 4.78 is 44.6. The summed E-state index contributed by atoms with van der Waals surface area (Å²) in [4.78, 5) is 13.1. The molecule has 0 bridgehead atoms. The lowest BCUT2D eigenvalue weighted by Gasteiger charge is -2.33. The molecule has 1 fully saturated rings. The Labute approximate surface area is 120 Å². The van der Waals surface area contributed by atoms with Gasteiger partial charge in [0.25, 0.3) is 5.56 Å². The van der Waals surface area contributed by atoms with Crippen molar-refractivity contribution in [3.05, 3.63) is 27.4 Å². The molecule has 21 heavy (non-hydrogen) atoms. The Balaban J connectivity index is 2.60. The largest absolute Gasteiger partial charge is 0.424 e. The molecule has 4 N–H and O–H groups in total. The van der Waals surface area contributed by atoms with Crippen LogP contribution in [0.5, 0.6) is 0 Å². The number of aromatic amines is 1. The number of H-pyrrole nitrogens is 1. The fourth-order valence-electron chi connectivity index (χ4n) is 2.11. The van der Waals surface area contributed by atoms with Gasteiger partial charge in [-0.15, -0.1) is 0 Å². The quantitative estimate of drug-likeness (QED) is 0.543. The summed E-state index contributed by atoms with van der Waals surface area (Å²) in [5, 5.41) is 28.5. The third-order valence-corrected chi connectivity index (χ3v) is 3.53. The van der Waals surface area contributed by atoms with E-state index in [1.54, 1.807) is 0 Å². The smallest absolute Gasteiger partial charge is 0.394 e. The molecule has 2 rings (SSSR count). The molecule has 1 aromatic heterocycles. The lowest BCUT2D eigenvalue weighted by Crippen LogP contribution is -2.57. The average molecular weight is 328 g/mol. The van der Waals surface area contributed by atoms with Gasteiger partial charge >= 0.3 is 6.18 Å². The van der Waals surface area contributed by atoms with Gasteiger partial charge in [-0.05, 0) is 12.2 Å². The van der Waals surface area contributed by atoms with E-state index in [4.69, 9.17) is 22.1 Å². The van der Waals surface area contributed by atoms with E-state index in [-0.39, 0.29) is 0 Å². The number of alkyl halides is 3. The Hall–Kier alpha value is -1.27. The first-order valence-corrected chi connectivity index (χ1v) is 6.08. The monoisotopic (exact) mass is 328 g/mol. The molecule has 1 aliphatic rings. The Morgan fingerprint density at radius 2 is 2.14 bits per heavy atom. The second-order valence-corrected chi connectivity index (χ2v) is 4.88. The van der Waals surface area contributed by atoms with Crippen LogP contribution in [0, 0.1) is 4.77 Å². The van der Waals surface area contributed by atoms with Crippen LogP contribution in [-0.2, 0) is 4.74 Å². The van der Waals surface area contributed by atoms with Crippen molar-refractivity contribution in [2.75, 3.05) is 6.61 Å². The summed E-state index contributed by atoms with van der Waals surface area (Å²) in [7, 11) is 0. The van der Waals surface area contributed by atoms with E-state index >= 15 is 0 Å². The lowest BCUT2D eigenvalue weighted by molar-refractivity contribution is -0.304. The highest BCUT2D eigenvalue weighted by molar-refractivity contribution is 7.71. The van der Waals surface area contributed by atoms with Crippen molar-refractivity contribution in [1.82, 2.24) is 9.55 Å². The van der Waals surface area contributed by atoms with Gasteiger partial charge in [-0.3, -0.25) is 14.3 Å². The van der Waals surface area contributed by atoms with E-state index < -0.39 is 47.2 Å². The van der Waals surface area contributed by atoms with Crippen molar-refractivity contribution >= 4 is 12.2 Å². The van der Waals surface area contributed by atoms with Gasteiger partial charge in [-0.2, -0.15) is 13.2 Å². The van der Waals surface area contributed by atoms with E-state index in [9.17, 15) is 28.2 Å². The minimum atomic E-state index is -5.26. The zero-order chi connectivity index (χ0) is 16.0. The molecular formula is C10H11F3N2O5S. The SMILES string of the molecule is O=c1ccn([C@@H]2O[C@H](CO)[C@H](O)C2(O)C(F)(F)F)c(=S)[nH]1. The van der Waals surface area contributed by atoms with Crippen LogP contribution in [0.15, 0.2) is 17.1 Å². The number of aromatic nitrogens is 2. The zero-order valence-corrected chi connectivity index (χ0v) is 11.1. The molecule has 1 unspecified atom stereocenters. The van der Waals surface area contributed by atoms with Gasteiger partial charge in [0.2, 0.25) is 5.60 Å². The van der Waals surface area contributed by atoms with Crippen LogP contribution in [-0.4, -0.2) is 55.5 Å². The highest BCUT2D eigenvalue weighted by Crippen LogP contribution is 2.48. The predicted molar refractivity (Wildman–Crippen MR) is 63.9 cm³/mol. The lowest BCUT2D eigenvalue weighted by atomic mass is 9.93. The topological polar surface area (TPSA) is 108 Å². The van der Waals surface area contributed by atoms with Crippen LogP contribution < -0.4 is 5.56 Å². The minimum Gasteiger partial charge on any atom is -0.394 e. The standard InChI is InChI=1S/C10H11F3N2O5S/c11-10(12,13)9(19)6(18)4(3-16)20-7(9)15-2-1-5(17)14-8(15)21/h1-2,4,6-7,16,18-19H,3H2,(H,14,17,21)/t4-,6+,7-,9?/m1/s1. The molecule has 2 heterocycles. The van der Waals surface area contributed by atoms with Crippen LogP contribution in [0.25, 0.3) is 0 Å². The molecule has 0 saturated carbocycles. The van der Waals surface area contributed by atoms with E-state index in [1.807, 2.05) is 0 Å². The zero-order valence-electron chi connectivity index (χ0n) is 10.2.